The Morgan fingerprint density at radius 2 is 2.00 bits per heavy atom. The zero-order valence-electron chi connectivity index (χ0n) is 20.1. The van der Waals surface area contributed by atoms with Crippen molar-refractivity contribution >= 4 is 38.7 Å². The second-order valence-corrected chi connectivity index (χ2v) is 10.9. The molecule has 11 heteroatoms. The standard InChI is InChI=1S/C25H28N4O5S2/c1-3-34-24(30)18-11-13-29(14-12-18)36(31,32)21-9-6-8-19(15-21)22-17-35-25(27-22)28-26-16-20-7-4-5-10-23(20)33-2/h4-10,15-18H,3,11-14H2,1-2H3,(H,27,28). The number of ether oxygens (including phenoxy) is 2. The maximum atomic E-state index is 13.3. The zero-order chi connectivity index (χ0) is 25.5. The highest BCUT2D eigenvalue weighted by Gasteiger charge is 2.32. The van der Waals surface area contributed by atoms with E-state index in [1.54, 1.807) is 38.4 Å². The molecule has 4 rings (SSSR count). The normalized spacial score (nSPS) is 15.2. The van der Waals surface area contributed by atoms with Crippen LogP contribution in [0.5, 0.6) is 5.75 Å². The lowest BCUT2D eigenvalue weighted by Gasteiger charge is -2.30. The number of thiazole rings is 1. The van der Waals surface area contributed by atoms with E-state index >= 15 is 0 Å². The summed E-state index contributed by atoms with van der Waals surface area (Å²) in [7, 11) is -2.09. The first-order chi connectivity index (χ1) is 17.4. The van der Waals surface area contributed by atoms with Crippen molar-refractivity contribution in [2.24, 2.45) is 11.0 Å². The Balaban J connectivity index is 1.43. The lowest BCUT2D eigenvalue weighted by atomic mass is 9.98. The first kappa shape index (κ1) is 25.8. The summed E-state index contributed by atoms with van der Waals surface area (Å²) in [6.07, 6.45) is 2.56. The molecular weight excluding hydrogens is 500 g/mol. The average molecular weight is 529 g/mol. The maximum absolute atomic E-state index is 13.3. The molecule has 1 aliphatic rings. The van der Waals surface area contributed by atoms with E-state index in [4.69, 9.17) is 9.47 Å². The van der Waals surface area contributed by atoms with Crippen molar-refractivity contribution in [1.82, 2.24) is 9.29 Å². The lowest BCUT2D eigenvalue weighted by Crippen LogP contribution is -2.40. The summed E-state index contributed by atoms with van der Waals surface area (Å²) in [6.45, 7) is 2.66. The number of hydrogen-bond acceptors (Lipinski definition) is 9. The van der Waals surface area contributed by atoms with E-state index in [1.165, 1.54) is 15.6 Å². The molecule has 2 aromatic carbocycles. The molecule has 0 spiro atoms. The van der Waals surface area contributed by atoms with Gasteiger partial charge in [0.25, 0.3) is 0 Å². The molecule has 0 unspecified atom stereocenters. The van der Waals surface area contributed by atoms with Crippen LogP contribution in [0.15, 0.2) is 63.9 Å². The van der Waals surface area contributed by atoms with E-state index in [9.17, 15) is 13.2 Å². The number of nitrogens with zero attached hydrogens (tertiary/aromatic N) is 3. The van der Waals surface area contributed by atoms with Gasteiger partial charge in [0.05, 0.1) is 36.4 Å². The van der Waals surface area contributed by atoms with Crippen molar-refractivity contribution in [3.05, 3.63) is 59.5 Å². The number of esters is 1. The fourth-order valence-electron chi connectivity index (χ4n) is 3.94. The van der Waals surface area contributed by atoms with E-state index in [2.05, 4.69) is 15.5 Å². The number of rotatable bonds is 9. The predicted octanol–water partition coefficient (Wildman–Crippen LogP) is 4.23. The van der Waals surface area contributed by atoms with Crippen LogP contribution in [0.2, 0.25) is 0 Å². The summed E-state index contributed by atoms with van der Waals surface area (Å²) < 4.78 is 38.3. The lowest BCUT2D eigenvalue weighted by molar-refractivity contribution is -0.149. The van der Waals surface area contributed by atoms with Crippen molar-refractivity contribution in [2.45, 2.75) is 24.7 Å². The molecule has 0 radical (unpaired) electrons. The van der Waals surface area contributed by atoms with E-state index < -0.39 is 10.0 Å². The Morgan fingerprint density at radius 1 is 1.22 bits per heavy atom. The van der Waals surface area contributed by atoms with Gasteiger partial charge in [-0.3, -0.25) is 10.2 Å². The molecule has 0 atom stereocenters. The minimum absolute atomic E-state index is 0.200. The Bertz CT molecular complexity index is 1330. The highest BCUT2D eigenvalue weighted by atomic mass is 32.2. The summed E-state index contributed by atoms with van der Waals surface area (Å²) in [5.74, 6) is 0.206. The molecule has 1 saturated heterocycles. The summed E-state index contributed by atoms with van der Waals surface area (Å²) in [5.41, 5.74) is 5.07. The van der Waals surface area contributed by atoms with Gasteiger partial charge < -0.3 is 9.47 Å². The predicted molar refractivity (Wildman–Crippen MR) is 140 cm³/mol. The van der Waals surface area contributed by atoms with E-state index in [0.717, 1.165) is 5.56 Å². The van der Waals surface area contributed by atoms with Gasteiger partial charge in [-0.05, 0) is 44.0 Å². The van der Waals surface area contributed by atoms with E-state index in [0.29, 0.717) is 41.6 Å². The van der Waals surface area contributed by atoms with Gasteiger partial charge >= 0.3 is 5.97 Å². The zero-order valence-corrected chi connectivity index (χ0v) is 21.7. The first-order valence-corrected chi connectivity index (χ1v) is 13.9. The molecular formula is C25H28N4O5S2. The molecule has 9 nitrogen and oxygen atoms in total. The molecule has 1 aliphatic heterocycles. The van der Waals surface area contributed by atoms with Crippen LogP contribution in [-0.2, 0) is 19.6 Å². The van der Waals surface area contributed by atoms with Crippen molar-refractivity contribution in [3.63, 3.8) is 0 Å². The van der Waals surface area contributed by atoms with Crippen LogP contribution in [0.1, 0.15) is 25.3 Å². The Morgan fingerprint density at radius 3 is 2.75 bits per heavy atom. The van der Waals surface area contributed by atoms with Crippen LogP contribution in [-0.4, -0.2) is 56.7 Å². The Labute approximate surface area is 214 Å². The number of methoxy groups -OCH3 is 1. The third kappa shape index (κ3) is 5.92. The third-order valence-corrected chi connectivity index (χ3v) is 8.49. The number of anilines is 1. The molecule has 1 fully saturated rings. The number of piperidine rings is 1. The second kappa shape index (κ2) is 11.6. The largest absolute Gasteiger partial charge is 0.496 e. The van der Waals surface area contributed by atoms with Crippen LogP contribution in [0.3, 0.4) is 0 Å². The summed E-state index contributed by atoms with van der Waals surface area (Å²) >= 11 is 1.37. The number of carbonyl (C=O) groups is 1. The SMILES string of the molecule is CCOC(=O)C1CCN(S(=O)(=O)c2cccc(-c3csc(NN=Cc4ccccc4OC)n3)c2)CC1. The van der Waals surface area contributed by atoms with Crippen LogP contribution in [0, 0.1) is 5.92 Å². The number of nitrogens with one attached hydrogen (secondary N) is 1. The highest BCUT2D eigenvalue weighted by molar-refractivity contribution is 7.89. The topological polar surface area (TPSA) is 110 Å². The van der Waals surface area contributed by atoms with Gasteiger partial charge in [0.2, 0.25) is 15.2 Å². The van der Waals surface area contributed by atoms with Crippen LogP contribution in [0.4, 0.5) is 5.13 Å². The van der Waals surface area contributed by atoms with Crippen LogP contribution in [0.25, 0.3) is 11.3 Å². The van der Waals surface area contributed by atoms with Crippen LogP contribution < -0.4 is 10.2 Å². The first-order valence-electron chi connectivity index (χ1n) is 11.6. The number of sulfonamides is 1. The van der Waals surface area contributed by atoms with Crippen molar-refractivity contribution in [3.8, 4) is 17.0 Å². The van der Waals surface area contributed by atoms with E-state index in [1.807, 2.05) is 35.7 Å². The number of para-hydroxylation sites is 1. The summed E-state index contributed by atoms with van der Waals surface area (Å²) in [5, 5.41) is 6.65. The van der Waals surface area contributed by atoms with Crippen LogP contribution >= 0.6 is 11.3 Å². The number of carbonyl (C=O) groups excluding carboxylic acids is 1. The monoisotopic (exact) mass is 528 g/mol. The number of aromatic nitrogens is 1. The van der Waals surface area contributed by atoms with Gasteiger partial charge in [0.15, 0.2) is 0 Å². The van der Waals surface area contributed by atoms with E-state index in [-0.39, 0.29) is 29.9 Å². The molecule has 36 heavy (non-hydrogen) atoms. The molecule has 0 aliphatic carbocycles. The minimum atomic E-state index is -3.69. The number of hydrogen-bond donors (Lipinski definition) is 1. The van der Waals surface area contributed by atoms with Crippen molar-refractivity contribution < 1.29 is 22.7 Å². The number of benzene rings is 2. The van der Waals surface area contributed by atoms with Gasteiger partial charge in [-0.1, -0.05) is 24.3 Å². The third-order valence-electron chi connectivity index (χ3n) is 5.85. The Hall–Kier alpha value is -3.28. The quantitative estimate of drug-likeness (QED) is 0.251. The molecule has 0 saturated carbocycles. The second-order valence-electron chi connectivity index (χ2n) is 8.11. The highest BCUT2D eigenvalue weighted by Crippen LogP contribution is 2.29. The van der Waals surface area contributed by atoms with Gasteiger partial charge in [0, 0.05) is 29.6 Å². The molecule has 190 valence electrons. The van der Waals surface area contributed by atoms with Gasteiger partial charge in [0.1, 0.15) is 5.75 Å². The van der Waals surface area contributed by atoms with Gasteiger partial charge in [-0.25, -0.2) is 13.4 Å². The molecule has 1 N–H and O–H groups in total. The summed E-state index contributed by atoms with van der Waals surface area (Å²) in [6, 6.07) is 14.3. The van der Waals surface area contributed by atoms with Crippen molar-refractivity contribution in [2.75, 3.05) is 32.2 Å². The molecule has 0 amide bonds. The van der Waals surface area contributed by atoms with Gasteiger partial charge in [-0.15, -0.1) is 11.3 Å². The van der Waals surface area contributed by atoms with Crippen molar-refractivity contribution in [1.29, 1.82) is 0 Å². The Kier molecular flexibility index (Phi) is 8.34. The molecule has 2 heterocycles. The summed E-state index contributed by atoms with van der Waals surface area (Å²) in [4.78, 5) is 16.7. The van der Waals surface area contributed by atoms with Gasteiger partial charge in [-0.2, -0.15) is 9.41 Å². The fraction of sp³-hybridized carbons (Fsp3) is 0.320. The average Bonchev–Trinajstić information content (AvgIpc) is 3.38. The molecule has 1 aromatic heterocycles. The molecule has 0 bridgehead atoms. The number of hydrazone groups is 1. The fourth-order valence-corrected chi connectivity index (χ4v) is 6.13. The smallest absolute Gasteiger partial charge is 0.309 e. The minimum Gasteiger partial charge on any atom is -0.496 e. The molecule has 3 aromatic rings. The maximum Gasteiger partial charge on any atom is 0.309 e.